The Balaban J connectivity index is 1.46. The number of aryl methyl sites for hydroxylation is 2. The topological polar surface area (TPSA) is 71.9 Å². The molecule has 0 spiro atoms. The van der Waals surface area contributed by atoms with Crippen molar-refractivity contribution in [3.05, 3.63) is 29.2 Å². The fraction of sp³-hybridized carbons (Fsp3) is 0.591. The molecule has 5 heterocycles. The second-order valence-corrected chi connectivity index (χ2v) is 8.64. The SMILES string of the molecule is Cc1cc(-c2cc3nc(C)c(C)c(N4CCC[C@H](CN5CCOCC5)C4)n3n2)no1. The molecule has 3 aromatic rings. The molecule has 8 heteroatoms. The van der Waals surface area contributed by atoms with E-state index in [4.69, 9.17) is 19.3 Å². The van der Waals surface area contributed by atoms with Gasteiger partial charge in [0.25, 0.3) is 0 Å². The van der Waals surface area contributed by atoms with E-state index >= 15 is 0 Å². The third kappa shape index (κ3) is 3.70. The lowest BCUT2D eigenvalue weighted by Crippen LogP contribution is -2.45. The van der Waals surface area contributed by atoms with Gasteiger partial charge in [-0.2, -0.15) is 9.61 Å². The zero-order valence-electron chi connectivity index (χ0n) is 18.1. The summed E-state index contributed by atoms with van der Waals surface area (Å²) in [4.78, 5) is 9.85. The average molecular weight is 411 g/mol. The summed E-state index contributed by atoms with van der Waals surface area (Å²) in [5.41, 5.74) is 4.66. The molecule has 0 bridgehead atoms. The van der Waals surface area contributed by atoms with Crippen LogP contribution in [-0.4, -0.2) is 70.6 Å². The molecule has 0 aromatic carbocycles. The molecule has 1 atom stereocenters. The molecule has 0 unspecified atom stereocenters. The van der Waals surface area contributed by atoms with Crippen LogP contribution in [0.4, 0.5) is 5.82 Å². The Hall–Kier alpha value is -2.45. The Kier molecular flexibility index (Phi) is 5.20. The standard InChI is InChI=1S/C22H30N6O2/c1-15-11-20(25-30-15)19-12-21-23-17(3)16(2)22(28(21)24-19)27-6-4-5-18(14-27)13-26-7-9-29-10-8-26/h11-12,18H,4-10,13-14H2,1-3H3/t18-/m1/s1. The number of ether oxygens (including phenoxy) is 1. The number of anilines is 1. The number of morpholine rings is 1. The highest BCUT2D eigenvalue weighted by molar-refractivity contribution is 5.65. The van der Waals surface area contributed by atoms with Crippen LogP contribution in [0, 0.1) is 26.7 Å². The van der Waals surface area contributed by atoms with Gasteiger partial charge in [0.15, 0.2) is 5.65 Å². The highest BCUT2D eigenvalue weighted by atomic mass is 16.5. The molecule has 2 saturated heterocycles. The van der Waals surface area contributed by atoms with Gasteiger partial charge in [-0.3, -0.25) is 4.90 Å². The third-order valence-corrected chi connectivity index (χ3v) is 6.38. The van der Waals surface area contributed by atoms with Crippen molar-refractivity contribution in [1.29, 1.82) is 0 Å². The molecule has 0 N–H and O–H groups in total. The van der Waals surface area contributed by atoms with Gasteiger partial charge < -0.3 is 14.2 Å². The van der Waals surface area contributed by atoms with Crippen LogP contribution < -0.4 is 4.90 Å². The minimum absolute atomic E-state index is 0.660. The van der Waals surface area contributed by atoms with Crippen molar-refractivity contribution in [2.24, 2.45) is 5.92 Å². The van der Waals surface area contributed by atoms with Crippen molar-refractivity contribution in [3.63, 3.8) is 0 Å². The minimum atomic E-state index is 0.660. The Morgan fingerprint density at radius 1 is 1.07 bits per heavy atom. The highest BCUT2D eigenvalue weighted by Gasteiger charge is 2.27. The molecule has 0 saturated carbocycles. The molecule has 2 fully saturated rings. The van der Waals surface area contributed by atoms with E-state index in [1.54, 1.807) is 0 Å². The van der Waals surface area contributed by atoms with Gasteiger partial charge in [0.05, 0.1) is 13.2 Å². The summed E-state index contributed by atoms with van der Waals surface area (Å²) in [7, 11) is 0. The zero-order valence-corrected chi connectivity index (χ0v) is 18.1. The maximum atomic E-state index is 5.51. The second kappa shape index (κ2) is 8.00. The van der Waals surface area contributed by atoms with Gasteiger partial charge in [0, 0.05) is 56.1 Å². The summed E-state index contributed by atoms with van der Waals surface area (Å²) in [5.74, 6) is 2.60. The molecule has 5 rings (SSSR count). The van der Waals surface area contributed by atoms with Crippen LogP contribution in [0.1, 0.15) is 29.9 Å². The minimum Gasteiger partial charge on any atom is -0.379 e. The van der Waals surface area contributed by atoms with Crippen LogP contribution >= 0.6 is 0 Å². The number of hydrogen-bond acceptors (Lipinski definition) is 7. The Morgan fingerprint density at radius 3 is 2.67 bits per heavy atom. The van der Waals surface area contributed by atoms with Crippen LogP contribution in [0.3, 0.4) is 0 Å². The molecule has 0 amide bonds. The summed E-state index contributed by atoms with van der Waals surface area (Å²) in [6.45, 7) is 13.2. The lowest BCUT2D eigenvalue weighted by molar-refractivity contribution is 0.0296. The smallest absolute Gasteiger partial charge is 0.158 e. The molecule has 160 valence electrons. The predicted molar refractivity (Wildman–Crippen MR) is 115 cm³/mol. The van der Waals surface area contributed by atoms with Crippen LogP contribution in [0.25, 0.3) is 17.0 Å². The molecular formula is C22H30N6O2. The number of aromatic nitrogens is 4. The van der Waals surface area contributed by atoms with Crippen LogP contribution in [0.15, 0.2) is 16.7 Å². The molecular weight excluding hydrogens is 380 g/mol. The van der Waals surface area contributed by atoms with E-state index in [1.807, 2.05) is 23.6 Å². The second-order valence-electron chi connectivity index (χ2n) is 8.64. The van der Waals surface area contributed by atoms with Gasteiger partial charge in [-0.15, -0.1) is 0 Å². The van der Waals surface area contributed by atoms with E-state index in [2.05, 4.69) is 28.8 Å². The molecule has 0 aliphatic carbocycles. The fourth-order valence-electron chi connectivity index (χ4n) is 4.72. The van der Waals surface area contributed by atoms with Crippen molar-refractivity contribution in [2.75, 3.05) is 50.8 Å². The largest absolute Gasteiger partial charge is 0.379 e. The van der Waals surface area contributed by atoms with Crippen molar-refractivity contribution in [3.8, 4) is 11.4 Å². The van der Waals surface area contributed by atoms with E-state index in [-0.39, 0.29) is 0 Å². The summed E-state index contributed by atoms with van der Waals surface area (Å²) in [6, 6.07) is 3.92. The average Bonchev–Trinajstić information content (AvgIpc) is 3.36. The van der Waals surface area contributed by atoms with Crippen molar-refractivity contribution in [1.82, 2.24) is 24.7 Å². The first-order valence-electron chi connectivity index (χ1n) is 10.9. The first kappa shape index (κ1) is 19.5. The van der Waals surface area contributed by atoms with E-state index < -0.39 is 0 Å². The van der Waals surface area contributed by atoms with Gasteiger partial charge in [0.1, 0.15) is 23.0 Å². The predicted octanol–water partition coefficient (Wildman–Crippen LogP) is 2.86. The first-order chi connectivity index (χ1) is 14.6. The molecule has 2 aliphatic heterocycles. The zero-order chi connectivity index (χ0) is 20.7. The summed E-state index contributed by atoms with van der Waals surface area (Å²) in [6.07, 6.45) is 2.48. The van der Waals surface area contributed by atoms with Gasteiger partial charge in [-0.05, 0) is 39.5 Å². The Bertz CT molecular complexity index is 1040. The number of hydrogen-bond donors (Lipinski definition) is 0. The summed E-state index contributed by atoms with van der Waals surface area (Å²) >= 11 is 0. The highest BCUT2D eigenvalue weighted by Crippen LogP contribution is 2.30. The van der Waals surface area contributed by atoms with Gasteiger partial charge in [-0.1, -0.05) is 5.16 Å². The lowest BCUT2D eigenvalue weighted by Gasteiger charge is -2.38. The third-order valence-electron chi connectivity index (χ3n) is 6.38. The van der Waals surface area contributed by atoms with E-state index in [9.17, 15) is 0 Å². The molecule has 30 heavy (non-hydrogen) atoms. The van der Waals surface area contributed by atoms with E-state index in [1.165, 1.54) is 18.4 Å². The molecule has 8 nitrogen and oxygen atoms in total. The van der Waals surface area contributed by atoms with Crippen LogP contribution in [0.2, 0.25) is 0 Å². The van der Waals surface area contributed by atoms with Crippen molar-refractivity contribution >= 4 is 11.5 Å². The summed E-state index contributed by atoms with van der Waals surface area (Å²) in [5, 5.41) is 9.01. The van der Waals surface area contributed by atoms with Gasteiger partial charge in [0.2, 0.25) is 0 Å². The van der Waals surface area contributed by atoms with E-state index in [0.29, 0.717) is 5.92 Å². The molecule has 0 radical (unpaired) electrons. The maximum absolute atomic E-state index is 5.51. The van der Waals surface area contributed by atoms with Crippen LogP contribution in [0.5, 0.6) is 0 Å². The molecule has 3 aromatic heterocycles. The lowest BCUT2D eigenvalue weighted by atomic mass is 9.96. The van der Waals surface area contributed by atoms with E-state index in [0.717, 1.165) is 80.2 Å². The number of rotatable bonds is 4. The van der Waals surface area contributed by atoms with Crippen molar-refractivity contribution < 1.29 is 9.26 Å². The Labute approximate surface area is 176 Å². The van der Waals surface area contributed by atoms with Crippen molar-refractivity contribution in [2.45, 2.75) is 33.6 Å². The number of fused-ring (bicyclic) bond motifs is 1. The monoisotopic (exact) mass is 410 g/mol. The Morgan fingerprint density at radius 2 is 1.90 bits per heavy atom. The summed E-state index contributed by atoms with van der Waals surface area (Å²) < 4.78 is 12.8. The first-order valence-corrected chi connectivity index (χ1v) is 10.9. The fourth-order valence-corrected chi connectivity index (χ4v) is 4.72. The van der Waals surface area contributed by atoms with Gasteiger partial charge >= 0.3 is 0 Å². The van der Waals surface area contributed by atoms with Crippen LogP contribution in [-0.2, 0) is 4.74 Å². The normalized spacial score (nSPS) is 20.9. The van der Waals surface area contributed by atoms with Gasteiger partial charge in [-0.25, -0.2) is 4.98 Å². The maximum Gasteiger partial charge on any atom is 0.158 e. The number of piperidine rings is 1. The quantitative estimate of drug-likeness (QED) is 0.655. The number of nitrogens with zero attached hydrogens (tertiary/aromatic N) is 6. The molecule has 2 aliphatic rings.